The van der Waals surface area contributed by atoms with E-state index in [1.54, 1.807) is 42.7 Å². The molecule has 1 saturated carbocycles. The number of ether oxygens (including phenoxy) is 2. The highest BCUT2D eigenvalue weighted by Crippen LogP contribution is 2.39. The van der Waals surface area contributed by atoms with E-state index in [0.717, 1.165) is 49.2 Å². The molecule has 45 heavy (non-hydrogen) atoms. The van der Waals surface area contributed by atoms with Crippen LogP contribution < -0.4 is 30.7 Å². The van der Waals surface area contributed by atoms with Crippen molar-refractivity contribution < 1.29 is 23.9 Å². The van der Waals surface area contributed by atoms with E-state index in [1.807, 2.05) is 30.3 Å². The van der Waals surface area contributed by atoms with Crippen LogP contribution in [0.25, 0.3) is 0 Å². The molecule has 232 valence electrons. The Morgan fingerprint density at radius 3 is 2.44 bits per heavy atom. The highest BCUT2D eigenvalue weighted by molar-refractivity contribution is 7.09. The second kappa shape index (κ2) is 13.8. The lowest BCUT2D eigenvalue weighted by molar-refractivity contribution is -0.122. The van der Waals surface area contributed by atoms with E-state index in [2.05, 4.69) is 20.0 Å². The van der Waals surface area contributed by atoms with Gasteiger partial charge in [0.2, 0.25) is 5.91 Å². The maximum absolute atomic E-state index is 14.6. The molecule has 12 heteroatoms. The Balaban J connectivity index is 1.38. The summed E-state index contributed by atoms with van der Waals surface area (Å²) in [6.45, 7) is 0.995. The fraction of sp³-hybridized carbons (Fsp3) is 0.303. The lowest BCUT2D eigenvalue weighted by Gasteiger charge is -2.32. The Hall–Kier alpha value is -4.97. The second-order valence-electron chi connectivity index (χ2n) is 11.0. The fourth-order valence-electron chi connectivity index (χ4n) is 5.64. The van der Waals surface area contributed by atoms with Gasteiger partial charge < -0.3 is 25.8 Å². The lowest BCUT2D eigenvalue weighted by Crippen LogP contribution is -2.44. The lowest BCUT2D eigenvalue weighted by atomic mass is 9.95. The van der Waals surface area contributed by atoms with Crippen LogP contribution in [-0.2, 0) is 11.3 Å². The highest BCUT2D eigenvalue weighted by Gasteiger charge is 2.37. The van der Waals surface area contributed by atoms with Crippen molar-refractivity contribution in [2.24, 2.45) is 0 Å². The van der Waals surface area contributed by atoms with E-state index in [9.17, 15) is 14.4 Å². The van der Waals surface area contributed by atoms with Gasteiger partial charge >= 0.3 is 0 Å². The molecule has 0 unspecified atom stereocenters. The number of hydrogen-bond donors (Lipinski definition) is 3. The van der Waals surface area contributed by atoms with E-state index in [1.165, 1.54) is 4.90 Å². The third kappa shape index (κ3) is 6.75. The van der Waals surface area contributed by atoms with Gasteiger partial charge in [-0.25, -0.2) is 0 Å². The minimum Gasteiger partial charge on any atom is -0.486 e. The fourth-order valence-corrected chi connectivity index (χ4v) is 6.37. The maximum Gasteiger partial charge on any atom is 0.273 e. The number of carbonyl (C=O) groups excluding carboxylic acids is 3. The number of fused-ring (bicyclic) bond motifs is 1. The van der Waals surface area contributed by atoms with Gasteiger partial charge in [0.1, 0.15) is 24.1 Å². The number of nitrogens with two attached hydrogens (primary N) is 1. The van der Waals surface area contributed by atoms with Crippen molar-refractivity contribution in [2.45, 2.75) is 50.7 Å². The third-order valence-corrected chi connectivity index (χ3v) is 8.79. The normalized spacial score (nSPS) is 15.1. The molecule has 3 amide bonds. The SMILES string of the molecule is Nc1c(C(=O)NC2CCCCC2)nsc1C(=O)N(c1ccc2c(c1)OCCO2)[C@H](C(=O)NCc1ccccc1)c1ccncc1. The van der Waals surface area contributed by atoms with Gasteiger partial charge in [-0.3, -0.25) is 24.3 Å². The average Bonchev–Trinajstić information content (AvgIpc) is 3.48. The van der Waals surface area contributed by atoms with Crippen LogP contribution in [0, 0.1) is 0 Å². The Labute approximate surface area is 264 Å². The molecule has 4 N–H and O–H groups in total. The number of anilines is 2. The zero-order chi connectivity index (χ0) is 31.2. The first-order chi connectivity index (χ1) is 22.0. The first-order valence-corrected chi connectivity index (χ1v) is 15.8. The average molecular weight is 627 g/mol. The van der Waals surface area contributed by atoms with Crippen molar-refractivity contribution in [3.05, 3.63) is 94.8 Å². The molecule has 0 saturated heterocycles. The van der Waals surface area contributed by atoms with E-state index < -0.39 is 23.8 Å². The van der Waals surface area contributed by atoms with Crippen molar-refractivity contribution >= 4 is 40.6 Å². The second-order valence-corrected chi connectivity index (χ2v) is 11.7. The van der Waals surface area contributed by atoms with Crippen LogP contribution in [-0.4, -0.2) is 46.3 Å². The van der Waals surface area contributed by atoms with E-state index >= 15 is 0 Å². The standard InChI is InChI=1S/C33H34N6O5S/c34-27-28(31(40)37-23-9-5-2-6-10-23)38-45-30(27)33(42)39(24-11-12-25-26(19-24)44-18-17-43-25)29(22-13-15-35-16-14-22)32(41)36-20-21-7-3-1-4-8-21/h1,3-4,7-8,11-16,19,23,29H,2,5-6,9-10,17-18,20,34H2,(H,36,41)(H,37,40)/t29-/m0/s1. The number of carbonyl (C=O) groups is 3. The highest BCUT2D eigenvalue weighted by atomic mass is 32.1. The molecular weight excluding hydrogens is 592 g/mol. The summed E-state index contributed by atoms with van der Waals surface area (Å²) < 4.78 is 15.8. The summed E-state index contributed by atoms with van der Waals surface area (Å²) in [6.07, 6.45) is 8.17. The van der Waals surface area contributed by atoms with Gasteiger partial charge in [0.05, 0.1) is 5.69 Å². The smallest absolute Gasteiger partial charge is 0.273 e. The molecule has 2 aromatic heterocycles. The predicted molar refractivity (Wildman–Crippen MR) is 170 cm³/mol. The summed E-state index contributed by atoms with van der Waals surface area (Å²) in [5.74, 6) is -0.446. The molecule has 11 nitrogen and oxygen atoms in total. The van der Waals surface area contributed by atoms with Crippen molar-refractivity contribution in [2.75, 3.05) is 23.8 Å². The zero-order valence-corrected chi connectivity index (χ0v) is 25.4. The van der Waals surface area contributed by atoms with Crippen LogP contribution in [0.15, 0.2) is 73.1 Å². The number of rotatable bonds is 9. The number of aromatic nitrogens is 2. The van der Waals surface area contributed by atoms with Gasteiger partial charge in [0.25, 0.3) is 11.8 Å². The Bertz CT molecular complexity index is 1660. The van der Waals surface area contributed by atoms with Gasteiger partial charge in [-0.15, -0.1) is 0 Å². The third-order valence-electron chi connectivity index (χ3n) is 7.94. The number of pyridine rings is 1. The summed E-state index contributed by atoms with van der Waals surface area (Å²) in [7, 11) is 0. The topological polar surface area (TPSA) is 149 Å². The number of nitrogen functional groups attached to an aromatic ring is 1. The number of nitrogens with zero attached hydrogens (tertiary/aromatic N) is 3. The van der Waals surface area contributed by atoms with E-state index in [4.69, 9.17) is 15.2 Å². The van der Waals surface area contributed by atoms with Crippen molar-refractivity contribution in [1.29, 1.82) is 0 Å². The minimum atomic E-state index is -1.13. The molecule has 2 aromatic carbocycles. The van der Waals surface area contributed by atoms with E-state index in [-0.39, 0.29) is 28.8 Å². The molecule has 1 aliphatic heterocycles. The Morgan fingerprint density at radius 2 is 1.69 bits per heavy atom. The summed E-state index contributed by atoms with van der Waals surface area (Å²) in [5.41, 5.74) is 8.25. The molecular formula is C33H34N6O5S. The zero-order valence-electron chi connectivity index (χ0n) is 24.6. The number of nitrogens with one attached hydrogen (secondary N) is 2. The molecule has 6 rings (SSSR count). The van der Waals surface area contributed by atoms with Crippen molar-refractivity contribution in [3.8, 4) is 11.5 Å². The van der Waals surface area contributed by atoms with Gasteiger partial charge in [-0.2, -0.15) is 4.37 Å². The van der Waals surface area contributed by atoms with Crippen LogP contribution in [0.1, 0.15) is 69.4 Å². The van der Waals surface area contributed by atoms with Gasteiger partial charge in [0, 0.05) is 36.7 Å². The Kier molecular flexibility index (Phi) is 9.20. The van der Waals surface area contributed by atoms with Gasteiger partial charge in [0.15, 0.2) is 17.2 Å². The molecule has 4 aromatic rings. The number of hydrogen-bond acceptors (Lipinski definition) is 9. The van der Waals surface area contributed by atoms with E-state index in [0.29, 0.717) is 36.0 Å². The molecule has 1 fully saturated rings. The summed E-state index contributed by atoms with van der Waals surface area (Å²) >= 11 is 0.834. The van der Waals surface area contributed by atoms with Crippen LogP contribution in [0.3, 0.4) is 0 Å². The van der Waals surface area contributed by atoms with Crippen molar-refractivity contribution in [1.82, 2.24) is 20.0 Å². The minimum absolute atomic E-state index is 0.00466. The van der Waals surface area contributed by atoms with Crippen molar-refractivity contribution in [3.63, 3.8) is 0 Å². The van der Waals surface area contributed by atoms with Crippen LogP contribution in [0.4, 0.5) is 11.4 Å². The first-order valence-electron chi connectivity index (χ1n) is 15.0. The Morgan fingerprint density at radius 1 is 0.956 bits per heavy atom. The molecule has 0 spiro atoms. The first kappa shape index (κ1) is 30.1. The number of benzene rings is 2. The summed E-state index contributed by atoms with van der Waals surface area (Å²) in [5, 5.41) is 6.00. The predicted octanol–water partition coefficient (Wildman–Crippen LogP) is 4.66. The largest absolute Gasteiger partial charge is 0.486 e. The van der Waals surface area contributed by atoms with Crippen LogP contribution in [0.5, 0.6) is 11.5 Å². The van der Waals surface area contributed by atoms with Crippen LogP contribution >= 0.6 is 11.5 Å². The molecule has 1 aliphatic carbocycles. The number of amides is 3. The van der Waals surface area contributed by atoms with Gasteiger partial charge in [-0.05, 0) is 59.8 Å². The summed E-state index contributed by atoms with van der Waals surface area (Å²) in [4.78, 5) is 47.4. The molecule has 1 atom stereocenters. The molecule has 0 bridgehead atoms. The van der Waals surface area contributed by atoms with Crippen LogP contribution in [0.2, 0.25) is 0 Å². The quantitative estimate of drug-likeness (QED) is 0.243. The maximum atomic E-state index is 14.6. The molecule has 3 heterocycles. The van der Waals surface area contributed by atoms with Gasteiger partial charge in [-0.1, -0.05) is 49.6 Å². The molecule has 2 aliphatic rings. The monoisotopic (exact) mass is 626 g/mol. The molecule has 0 radical (unpaired) electrons. The summed E-state index contributed by atoms with van der Waals surface area (Å²) in [6, 6.07) is 16.8.